The number of anilines is 1. The van der Waals surface area contributed by atoms with Crippen molar-refractivity contribution in [2.75, 3.05) is 4.90 Å². The van der Waals surface area contributed by atoms with Crippen LogP contribution in [0.25, 0.3) is 0 Å². The molecule has 0 radical (unpaired) electrons. The van der Waals surface area contributed by atoms with Crippen molar-refractivity contribution in [2.24, 2.45) is 29.6 Å². The lowest BCUT2D eigenvalue weighted by molar-refractivity contribution is -0.123. The van der Waals surface area contributed by atoms with Gasteiger partial charge in [-0.15, -0.1) is 11.8 Å². The predicted octanol–water partition coefficient (Wildman–Crippen LogP) is 5.73. The number of fused-ring (bicyclic) bond motifs is 9. The molecule has 2 bridgehead atoms. The van der Waals surface area contributed by atoms with Crippen molar-refractivity contribution in [2.45, 2.75) is 29.5 Å². The van der Waals surface area contributed by atoms with Crippen LogP contribution in [0.15, 0.2) is 52.3 Å². The van der Waals surface area contributed by atoms with Crippen molar-refractivity contribution >= 4 is 63.8 Å². The van der Waals surface area contributed by atoms with Crippen molar-refractivity contribution < 1.29 is 9.59 Å². The Morgan fingerprint density at radius 2 is 1.69 bits per heavy atom. The molecule has 0 spiro atoms. The second-order valence-corrected chi connectivity index (χ2v) is 12.9. The third-order valence-electron chi connectivity index (χ3n) is 8.33. The SMILES string of the molecule is Cc1ccc(N2C(=O)C3C4CC(C3C2=O)C2C(c3cccc(Cl)c3Cl)c3sc(=O)[nH]c3SC42)cc1. The molecule has 2 saturated carbocycles. The summed E-state index contributed by atoms with van der Waals surface area (Å²) in [6.45, 7) is 1.98. The Morgan fingerprint density at radius 1 is 0.971 bits per heavy atom. The number of imide groups is 1. The second kappa shape index (κ2) is 7.72. The van der Waals surface area contributed by atoms with Crippen LogP contribution in [0, 0.1) is 36.5 Å². The molecule has 1 aromatic heterocycles. The van der Waals surface area contributed by atoms with Gasteiger partial charge in [-0.1, -0.05) is 64.4 Å². The zero-order valence-electron chi connectivity index (χ0n) is 18.5. The number of aromatic amines is 1. The van der Waals surface area contributed by atoms with Gasteiger partial charge in [0.25, 0.3) is 0 Å². The summed E-state index contributed by atoms with van der Waals surface area (Å²) in [7, 11) is 0. The summed E-state index contributed by atoms with van der Waals surface area (Å²) in [5.74, 6) is -0.766. The van der Waals surface area contributed by atoms with Crippen molar-refractivity contribution in [1.82, 2.24) is 4.98 Å². The highest BCUT2D eigenvalue weighted by atomic mass is 35.5. The van der Waals surface area contributed by atoms with E-state index in [1.165, 1.54) is 16.2 Å². The lowest BCUT2D eigenvalue weighted by Gasteiger charge is -2.43. The number of rotatable bonds is 2. The van der Waals surface area contributed by atoms with E-state index in [-0.39, 0.29) is 57.4 Å². The molecule has 1 saturated heterocycles. The molecule has 2 aliphatic carbocycles. The monoisotopic (exact) mass is 542 g/mol. The van der Waals surface area contributed by atoms with E-state index in [2.05, 4.69) is 4.98 Å². The van der Waals surface area contributed by atoms with Crippen LogP contribution in [0.2, 0.25) is 10.0 Å². The van der Waals surface area contributed by atoms with Gasteiger partial charge in [0.15, 0.2) is 0 Å². The summed E-state index contributed by atoms with van der Waals surface area (Å²) in [6, 6.07) is 13.2. The molecule has 2 aliphatic heterocycles. The van der Waals surface area contributed by atoms with Gasteiger partial charge in [0.2, 0.25) is 11.8 Å². The first-order chi connectivity index (χ1) is 16.8. The van der Waals surface area contributed by atoms with Crippen LogP contribution in [-0.2, 0) is 9.59 Å². The average molecular weight is 543 g/mol. The highest BCUT2D eigenvalue weighted by Gasteiger charge is 2.69. The number of aryl methyl sites for hydroxylation is 1. The number of carbonyl (C=O) groups excluding carboxylic acids is 2. The molecule has 2 amide bonds. The van der Waals surface area contributed by atoms with E-state index in [4.69, 9.17) is 23.2 Å². The van der Waals surface area contributed by atoms with Gasteiger partial charge in [-0.05, 0) is 54.9 Å². The number of H-pyrrole nitrogens is 1. The topological polar surface area (TPSA) is 70.2 Å². The summed E-state index contributed by atoms with van der Waals surface area (Å²) in [6.07, 6.45) is 0.838. The predicted molar refractivity (Wildman–Crippen MR) is 139 cm³/mol. The highest BCUT2D eigenvalue weighted by Crippen LogP contribution is 2.69. The Kier molecular flexibility index (Phi) is 4.89. The quantitative estimate of drug-likeness (QED) is 0.420. The van der Waals surface area contributed by atoms with Crippen molar-refractivity contribution in [3.63, 3.8) is 0 Å². The number of carbonyl (C=O) groups is 2. The minimum atomic E-state index is -0.340. The minimum Gasteiger partial charge on any atom is -0.307 e. The summed E-state index contributed by atoms with van der Waals surface area (Å²) in [5.41, 5.74) is 2.62. The number of nitrogens with zero attached hydrogens (tertiary/aromatic N) is 1. The third kappa shape index (κ3) is 2.98. The Hall–Kier alpha value is -2.06. The summed E-state index contributed by atoms with van der Waals surface area (Å²) in [5, 5.41) is 1.94. The Balaban J connectivity index is 1.35. The molecular formula is C26H20Cl2N2O3S2. The first kappa shape index (κ1) is 22.2. The van der Waals surface area contributed by atoms with E-state index in [1.54, 1.807) is 17.8 Å². The van der Waals surface area contributed by atoms with Gasteiger partial charge < -0.3 is 4.98 Å². The fraction of sp³-hybridized carbons (Fsp3) is 0.346. The largest absolute Gasteiger partial charge is 0.307 e. The Morgan fingerprint density at radius 3 is 2.43 bits per heavy atom. The molecule has 3 fully saturated rings. The fourth-order valence-corrected chi connectivity index (χ4v) is 10.4. The normalized spacial score (nSPS) is 32.7. The number of amides is 2. The molecule has 5 nitrogen and oxygen atoms in total. The molecule has 35 heavy (non-hydrogen) atoms. The number of benzene rings is 2. The molecule has 2 aromatic carbocycles. The number of aromatic nitrogens is 1. The van der Waals surface area contributed by atoms with Crippen LogP contribution >= 0.6 is 46.3 Å². The van der Waals surface area contributed by atoms with Crippen LogP contribution in [0.1, 0.15) is 28.3 Å². The Labute approximate surface area is 219 Å². The number of thioether (sulfide) groups is 1. The van der Waals surface area contributed by atoms with Crippen molar-refractivity contribution in [3.05, 3.63) is 78.2 Å². The fourth-order valence-electron chi connectivity index (χ4n) is 7.07. The maximum atomic E-state index is 13.8. The number of thiazole rings is 1. The summed E-state index contributed by atoms with van der Waals surface area (Å²) >= 11 is 16.0. The van der Waals surface area contributed by atoms with E-state index in [9.17, 15) is 14.4 Å². The van der Waals surface area contributed by atoms with E-state index >= 15 is 0 Å². The lowest BCUT2D eigenvalue weighted by Crippen LogP contribution is -2.42. The molecule has 7 unspecified atom stereocenters. The average Bonchev–Trinajstić information content (AvgIpc) is 3.56. The van der Waals surface area contributed by atoms with Crippen molar-refractivity contribution in [1.29, 1.82) is 0 Å². The zero-order valence-corrected chi connectivity index (χ0v) is 21.7. The van der Waals surface area contributed by atoms with Crippen LogP contribution in [0.3, 0.4) is 0 Å². The molecule has 3 heterocycles. The van der Waals surface area contributed by atoms with Gasteiger partial charge in [-0.3, -0.25) is 19.3 Å². The molecule has 7 atom stereocenters. The van der Waals surface area contributed by atoms with Crippen LogP contribution in [0.4, 0.5) is 5.69 Å². The molecule has 7 rings (SSSR count). The molecule has 9 heteroatoms. The number of hydrogen-bond acceptors (Lipinski definition) is 5. The standard InChI is InChI=1S/C26H20Cl2N2O3S2/c1-10-5-7-11(8-6-10)30-24(31)18-13-9-14(19(18)25(30)32)21-17(13)16(12-3-2-4-15(27)20(12)28)22-23(34-21)29-26(33)35-22/h2-8,13-14,16-19,21H,9H2,1H3,(H,29,33). The number of hydrogen-bond donors (Lipinski definition) is 1. The van der Waals surface area contributed by atoms with Gasteiger partial charge >= 0.3 is 4.87 Å². The third-order valence-corrected chi connectivity index (χ3v) is 11.8. The smallest absolute Gasteiger partial charge is 0.305 e. The van der Waals surface area contributed by atoms with Gasteiger partial charge in [0, 0.05) is 16.0 Å². The maximum Gasteiger partial charge on any atom is 0.305 e. The van der Waals surface area contributed by atoms with Gasteiger partial charge in [-0.2, -0.15) is 0 Å². The maximum absolute atomic E-state index is 13.8. The summed E-state index contributed by atoms with van der Waals surface area (Å²) < 4.78 is 0. The van der Waals surface area contributed by atoms with Crippen LogP contribution in [-0.4, -0.2) is 22.0 Å². The van der Waals surface area contributed by atoms with E-state index < -0.39 is 0 Å². The molecule has 1 N–H and O–H groups in total. The van der Waals surface area contributed by atoms with E-state index in [0.717, 1.165) is 27.5 Å². The zero-order chi connectivity index (χ0) is 24.2. The van der Waals surface area contributed by atoms with Gasteiger partial charge in [0.05, 0.1) is 32.6 Å². The van der Waals surface area contributed by atoms with E-state index in [1.807, 2.05) is 43.3 Å². The first-order valence-corrected chi connectivity index (χ1v) is 14.1. The highest BCUT2D eigenvalue weighted by molar-refractivity contribution is 8.00. The molecular weight excluding hydrogens is 523 g/mol. The molecule has 178 valence electrons. The first-order valence-electron chi connectivity index (χ1n) is 11.6. The number of halogens is 2. The Bertz CT molecular complexity index is 1470. The second-order valence-electron chi connectivity index (χ2n) is 9.95. The lowest BCUT2D eigenvalue weighted by atomic mass is 9.68. The van der Waals surface area contributed by atoms with Crippen molar-refractivity contribution in [3.8, 4) is 0 Å². The van der Waals surface area contributed by atoms with Crippen LogP contribution in [0.5, 0.6) is 0 Å². The van der Waals surface area contributed by atoms with Crippen LogP contribution < -0.4 is 9.77 Å². The molecule has 3 aromatic rings. The number of nitrogens with one attached hydrogen (secondary N) is 1. The minimum absolute atomic E-state index is 0.0415. The molecule has 4 aliphatic rings. The van der Waals surface area contributed by atoms with E-state index in [0.29, 0.717) is 15.7 Å². The van der Waals surface area contributed by atoms with Gasteiger partial charge in [0.1, 0.15) is 0 Å². The van der Waals surface area contributed by atoms with Gasteiger partial charge in [-0.25, -0.2) is 0 Å². The summed E-state index contributed by atoms with van der Waals surface area (Å²) in [4.78, 5) is 45.1.